The lowest BCUT2D eigenvalue weighted by molar-refractivity contribution is 0.0793. The number of amides is 2. The first-order valence-corrected chi connectivity index (χ1v) is 12.2. The van der Waals surface area contributed by atoms with E-state index in [4.69, 9.17) is 4.52 Å². The van der Waals surface area contributed by atoms with Gasteiger partial charge in [-0.05, 0) is 55.7 Å². The molecule has 6 heteroatoms. The molecule has 0 aliphatic heterocycles. The lowest BCUT2D eigenvalue weighted by Crippen LogP contribution is -2.35. The van der Waals surface area contributed by atoms with Crippen molar-refractivity contribution < 1.29 is 14.1 Å². The van der Waals surface area contributed by atoms with E-state index in [0.717, 1.165) is 56.4 Å². The first-order chi connectivity index (χ1) is 15.6. The highest BCUT2D eigenvalue weighted by atomic mass is 16.5. The van der Waals surface area contributed by atoms with Gasteiger partial charge in [0.1, 0.15) is 5.76 Å². The standard InChI is InChI=1S/C26H35N3O3/c1-3-4-15-29(2)26(31)21-12-8-11-20(16-21)24(19-9-6-5-7-10-19)27-25(30)22-17-23(32-28-22)18-13-14-18/h8,11-12,16-19,24H,3-7,9-10,13-15H2,1-2H3,(H,27,30). The molecule has 2 saturated carbocycles. The fourth-order valence-corrected chi connectivity index (χ4v) is 4.69. The van der Waals surface area contributed by atoms with Gasteiger partial charge in [-0.1, -0.05) is 49.9 Å². The quantitative estimate of drug-likeness (QED) is 0.564. The molecule has 1 unspecified atom stereocenters. The number of nitrogens with zero attached hydrogens (tertiary/aromatic N) is 2. The Hall–Kier alpha value is -2.63. The van der Waals surface area contributed by atoms with Crippen LogP contribution in [0.3, 0.4) is 0 Å². The summed E-state index contributed by atoms with van der Waals surface area (Å²) in [6, 6.07) is 9.43. The summed E-state index contributed by atoms with van der Waals surface area (Å²) in [5, 5.41) is 7.25. The highest BCUT2D eigenvalue weighted by Crippen LogP contribution is 2.40. The van der Waals surface area contributed by atoms with Gasteiger partial charge in [0.2, 0.25) is 0 Å². The van der Waals surface area contributed by atoms with E-state index < -0.39 is 0 Å². The van der Waals surface area contributed by atoms with Crippen molar-refractivity contribution in [3.8, 4) is 0 Å². The van der Waals surface area contributed by atoms with Gasteiger partial charge >= 0.3 is 0 Å². The molecule has 0 bridgehead atoms. The second kappa shape index (κ2) is 10.3. The van der Waals surface area contributed by atoms with Crippen LogP contribution < -0.4 is 5.32 Å². The van der Waals surface area contributed by atoms with E-state index in [9.17, 15) is 9.59 Å². The van der Waals surface area contributed by atoms with Crippen molar-refractivity contribution in [3.05, 3.63) is 52.9 Å². The number of benzene rings is 1. The summed E-state index contributed by atoms with van der Waals surface area (Å²) in [7, 11) is 1.85. The molecule has 1 atom stereocenters. The van der Waals surface area contributed by atoms with E-state index in [1.807, 2.05) is 31.3 Å². The van der Waals surface area contributed by atoms with Crippen molar-refractivity contribution in [2.75, 3.05) is 13.6 Å². The van der Waals surface area contributed by atoms with Crippen LogP contribution >= 0.6 is 0 Å². The van der Waals surface area contributed by atoms with Gasteiger partial charge in [-0.3, -0.25) is 9.59 Å². The molecule has 2 aromatic rings. The Morgan fingerprint density at radius 1 is 1.16 bits per heavy atom. The largest absolute Gasteiger partial charge is 0.360 e. The van der Waals surface area contributed by atoms with Crippen LogP contribution in [0.25, 0.3) is 0 Å². The highest BCUT2D eigenvalue weighted by Gasteiger charge is 2.31. The van der Waals surface area contributed by atoms with E-state index >= 15 is 0 Å². The predicted molar refractivity (Wildman–Crippen MR) is 124 cm³/mol. The lowest BCUT2D eigenvalue weighted by atomic mass is 9.80. The third-order valence-electron chi connectivity index (χ3n) is 6.84. The third kappa shape index (κ3) is 5.40. The van der Waals surface area contributed by atoms with E-state index in [2.05, 4.69) is 17.4 Å². The molecule has 1 N–H and O–H groups in total. The van der Waals surface area contributed by atoms with Crippen LogP contribution in [0.15, 0.2) is 34.9 Å². The van der Waals surface area contributed by atoms with Crippen molar-refractivity contribution in [1.29, 1.82) is 0 Å². The normalized spacial score (nSPS) is 17.7. The lowest BCUT2D eigenvalue weighted by Gasteiger charge is -2.31. The Labute approximate surface area is 190 Å². The molecule has 2 aliphatic rings. The summed E-state index contributed by atoms with van der Waals surface area (Å²) in [5.74, 6) is 1.41. The van der Waals surface area contributed by atoms with Gasteiger partial charge in [-0.2, -0.15) is 0 Å². The van der Waals surface area contributed by atoms with Crippen LogP contribution in [0, 0.1) is 5.92 Å². The molecule has 2 amide bonds. The van der Waals surface area contributed by atoms with Gasteiger partial charge in [0, 0.05) is 31.1 Å². The van der Waals surface area contributed by atoms with E-state index in [1.165, 1.54) is 19.3 Å². The molecular formula is C26H35N3O3. The summed E-state index contributed by atoms with van der Waals surface area (Å²) >= 11 is 0. The van der Waals surface area contributed by atoms with Crippen LogP contribution in [0.4, 0.5) is 0 Å². The minimum atomic E-state index is -0.201. The van der Waals surface area contributed by atoms with Gasteiger partial charge in [-0.15, -0.1) is 0 Å². The van der Waals surface area contributed by atoms with E-state index in [1.54, 1.807) is 11.0 Å². The van der Waals surface area contributed by atoms with Gasteiger partial charge in [0.05, 0.1) is 6.04 Å². The van der Waals surface area contributed by atoms with Crippen LogP contribution in [0.1, 0.15) is 109 Å². The Balaban J connectivity index is 1.54. The maximum Gasteiger partial charge on any atom is 0.273 e. The number of hydrogen-bond acceptors (Lipinski definition) is 4. The molecule has 1 heterocycles. The summed E-state index contributed by atoms with van der Waals surface area (Å²) in [4.78, 5) is 27.8. The third-order valence-corrected chi connectivity index (χ3v) is 6.84. The summed E-state index contributed by atoms with van der Waals surface area (Å²) in [6.07, 6.45) is 9.99. The Morgan fingerprint density at radius 2 is 1.94 bits per heavy atom. The fourth-order valence-electron chi connectivity index (χ4n) is 4.69. The minimum Gasteiger partial charge on any atom is -0.360 e. The zero-order valence-corrected chi connectivity index (χ0v) is 19.3. The number of hydrogen-bond donors (Lipinski definition) is 1. The van der Waals surface area contributed by atoms with Crippen molar-refractivity contribution >= 4 is 11.8 Å². The highest BCUT2D eigenvalue weighted by molar-refractivity contribution is 5.94. The molecule has 1 aromatic carbocycles. The van der Waals surface area contributed by atoms with Crippen LogP contribution in [0.2, 0.25) is 0 Å². The molecule has 6 nitrogen and oxygen atoms in total. The Bertz CT molecular complexity index is 928. The summed E-state index contributed by atoms with van der Waals surface area (Å²) in [6.45, 7) is 2.87. The van der Waals surface area contributed by atoms with Crippen LogP contribution in [-0.2, 0) is 0 Å². The SMILES string of the molecule is CCCCN(C)C(=O)c1cccc(C(NC(=O)c2cc(C3CC3)on2)C2CCCCC2)c1. The van der Waals surface area contributed by atoms with Gasteiger partial charge < -0.3 is 14.7 Å². The second-order valence-electron chi connectivity index (χ2n) is 9.44. The number of carbonyl (C=O) groups is 2. The average molecular weight is 438 g/mol. The number of rotatable bonds is 9. The summed E-state index contributed by atoms with van der Waals surface area (Å²) in [5.41, 5.74) is 2.01. The molecule has 1 aromatic heterocycles. The fraction of sp³-hybridized carbons (Fsp3) is 0.577. The Kier molecular flexibility index (Phi) is 7.28. The zero-order chi connectivity index (χ0) is 22.5. The smallest absolute Gasteiger partial charge is 0.273 e. The minimum absolute atomic E-state index is 0.0274. The molecule has 32 heavy (non-hydrogen) atoms. The monoisotopic (exact) mass is 437 g/mol. The van der Waals surface area contributed by atoms with E-state index in [0.29, 0.717) is 23.1 Å². The maximum atomic E-state index is 13.1. The first-order valence-electron chi connectivity index (χ1n) is 12.2. The number of carbonyl (C=O) groups excluding carboxylic acids is 2. The molecule has 172 valence electrons. The second-order valence-corrected chi connectivity index (χ2v) is 9.44. The van der Waals surface area contributed by atoms with Gasteiger partial charge in [0.25, 0.3) is 11.8 Å². The molecule has 0 spiro atoms. The van der Waals surface area contributed by atoms with Crippen molar-refractivity contribution in [3.63, 3.8) is 0 Å². The maximum absolute atomic E-state index is 13.1. The number of unbranched alkanes of at least 4 members (excludes halogenated alkanes) is 1. The number of aromatic nitrogens is 1. The molecule has 2 aliphatic carbocycles. The first kappa shape index (κ1) is 22.6. The Morgan fingerprint density at radius 3 is 2.66 bits per heavy atom. The molecule has 2 fully saturated rings. The van der Waals surface area contributed by atoms with Crippen molar-refractivity contribution in [2.45, 2.75) is 76.7 Å². The summed E-state index contributed by atoms with van der Waals surface area (Å²) < 4.78 is 5.39. The zero-order valence-electron chi connectivity index (χ0n) is 19.3. The molecule has 0 saturated heterocycles. The van der Waals surface area contributed by atoms with Crippen LogP contribution in [-0.4, -0.2) is 35.5 Å². The molecular weight excluding hydrogens is 402 g/mol. The van der Waals surface area contributed by atoms with Gasteiger partial charge in [-0.25, -0.2) is 0 Å². The van der Waals surface area contributed by atoms with E-state index in [-0.39, 0.29) is 17.9 Å². The van der Waals surface area contributed by atoms with Gasteiger partial charge in [0.15, 0.2) is 5.69 Å². The number of nitrogens with one attached hydrogen (secondary N) is 1. The van der Waals surface area contributed by atoms with Crippen molar-refractivity contribution in [2.24, 2.45) is 5.92 Å². The molecule has 4 rings (SSSR count). The van der Waals surface area contributed by atoms with Crippen LogP contribution in [0.5, 0.6) is 0 Å². The van der Waals surface area contributed by atoms with Crippen molar-refractivity contribution in [1.82, 2.24) is 15.4 Å². The predicted octanol–water partition coefficient (Wildman–Crippen LogP) is 5.48. The average Bonchev–Trinajstić information content (AvgIpc) is 3.57. The topological polar surface area (TPSA) is 75.4 Å². The molecule has 0 radical (unpaired) electrons.